The number of fused-ring (bicyclic) bond motifs is 1. The highest BCUT2D eigenvalue weighted by atomic mass is 79.9. The molecule has 1 aromatic heterocycles. The SMILES string of the molecule is O=C(CC1CCC1)c1cc2[nH]c(=O)[nH]c2cc1Br. The lowest BCUT2D eigenvalue weighted by Gasteiger charge is -2.24. The van der Waals surface area contributed by atoms with Crippen LogP contribution in [0.3, 0.4) is 0 Å². The standard InChI is InChI=1S/C13H13BrN2O2/c14-9-6-11-10(15-13(18)16-11)5-8(9)12(17)4-7-2-1-3-7/h5-7H,1-4H2,(H2,15,16,18). The van der Waals surface area contributed by atoms with E-state index >= 15 is 0 Å². The van der Waals surface area contributed by atoms with Gasteiger partial charge in [0.25, 0.3) is 0 Å². The number of rotatable bonds is 3. The average Bonchev–Trinajstić information content (AvgIpc) is 2.61. The molecule has 5 heteroatoms. The number of Topliss-reactive ketones (excluding diaryl/α,β-unsaturated/α-hetero) is 1. The van der Waals surface area contributed by atoms with Crippen LogP contribution in [0.15, 0.2) is 21.4 Å². The number of carbonyl (C=O) groups is 1. The number of nitrogens with one attached hydrogen (secondary N) is 2. The second-order valence-electron chi connectivity index (χ2n) is 4.88. The van der Waals surface area contributed by atoms with Gasteiger partial charge in [0.15, 0.2) is 5.78 Å². The van der Waals surface area contributed by atoms with Gasteiger partial charge in [-0.15, -0.1) is 0 Å². The Balaban J connectivity index is 1.96. The Morgan fingerprint density at radius 2 is 1.94 bits per heavy atom. The Kier molecular flexibility index (Phi) is 2.86. The molecule has 1 fully saturated rings. The largest absolute Gasteiger partial charge is 0.323 e. The second kappa shape index (κ2) is 4.39. The molecule has 0 unspecified atom stereocenters. The number of ketones is 1. The quantitative estimate of drug-likeness (QED) is 0.856. The number of hydrogen-bond acceptors (Lipinski definition) is 2. The van der Waals surface area contributed by atoms with Crippen molar-refractivity contribution in [2.45, 2.75) is 25.7 Å². The third-order valence-electron chi connectivity index (χ3n) is 3.60. The molecule has 0 atom stereocenters. The van der Waals surface area contributed by atoms with Gasteiger partial charge in [-0.05, 0) is 34.0 Å². The molecule has 2 aromatic rings. The molecule has 3 rings (SSSR count). The van der Waals surface area contributed by atoms with E-state index in [1.807, 2.05) is 0 Å². The van der Waals surface area contributed by atoms with E-state index in [-0.39, 0.29) is 11.5 Å². The lowest BCUT2D eigenvalue weighted by molar-refractivity contribution is 0.0936. The van der Waals surface area contributed by atoms with Gasteiger partial charge in [0.1, 0.15) is 0 Å². The molecule has 1 aromatic carbocycles. The van der Waals surface area contributed by atoms with Crippen molar-refractivity contribution in [2.75, 3.05) is 0 Å². The Hall–Kier alpha value is -1.36. The molecule has 0 bridgehead atoms. The first-order valence-electron chi connectivity index (χ1n) is 6.08. The summed E-state index contributed by atoms with van der Waals surface area (Å²) in [5, 5.41) is 0. The van der Waals surface area contributed by atoms with E-state index in [4.69, 9.17) is 0 Å². The number of aromatic amines is 2. The summed E-state index contributed by atoms with van der Waals surface area (Å²) < 4.78 is 0.745. The van der Waals surface area contributed by atoms with Crippen LogP contribution in [0.4, 0.5) is 0 Å². The van der Waals surface area contributed by atoms with Crippen LogP contribution >= 0.6 is 15.9 Å². The number of benzene rings is 1. The summed E-state index contributed by atoms with van der Waals surface area (Å²) in [4.78, 5) is 28.7. The number of halogens is 1. The molecule has 18 heavy (non-hydrogen) atoms. The highest BCUT2D eigenvalue weighted by Gasteiger charge is 2.22. The van der Waals surface area contributed by atoms with Crippen molar-refractivity contribution in [3.8, 4) is 0 Å². The summed E-state index contributed by atoms with van der Waals surface area (Å²) in [6.07, 6.45) is 4.17. The Labute approximate surface area is 112 Å². The minimum absolute atomic E-state index is 0.149. The van der Waals surface area contributed by atoms with E-state index in [1.54, 1.807) is 12.1 Å². The minimum Gasteiger partial charge on any atom is -0.306 e. The van der Waals surface area contributed by atoms with Crippen LogP contribution in [0.1, 0.15) is 36.0 Å². The first-order chi connectivity index (χ1) is 8.63. The molecule has 1 heterocycles. The molecular weight excluding hydrogens is 296 g/mol. The number of carbonyl (C=O) groups excluding carboxylic acids is 1. The first-order valence-corrected chi connectivity index (χ1v) is 6.87. The third-order valence-corrected chi connectivity index (χ3v) is 4.26. The van der Waals surface area contributed by atoms with Gasteiger partial charge in [-0.3, -0.25) is 4.79 Å². The highest BCUT2D eigenvalue weighted by Crippen LogP contribution is 2.32. The molecule has 1 aliphatic rings. The minimum atomic E-state index is -0.250. The monoisotopic (exact) mass is 308 g/mol. The van der Waals surface area contributed by atoms with E-state index in [9.17, 15) is 9.59 Å². The molecule has 2 N–H and O–H groups in total. The van der Waals surface area contributed by atoms with Crippen molar-refractivity contribution in [3.63, 3.8) is 0 Å². The summed E-state index contributed by atoms with van der Waals surface area (Å²) in [5.41, 5.74) is 1.80. The zero-order chi connectivity index (χ0) is 12.7. The van der Waals surface area contributed by atoms with Gasteiger partial charge < -0.3 is 9.97 Å². The van der Waals surface area contributed by atoms with Gasteiger partial charge in [-0.2, -0.15) is 0 Å². The van der Waals surface area contributed by atoms with Crippen molar-refractivity contribution in [2.24, 2.45) is 5.92 Å². The van der Waals surface area contributed by atoms with Gasteiger partial charge in [-0.25, -0.2) is 4.79 Å². The predicted molar refractivity (Wildman–Crippen MR) is 72.9 cm³/mol. The number of imidazole rings is 1. The summed E-state index contributed by atoms with van der Waals surface area (Å²) in [7, 11) is 0. The fourth-order valence-electron chi connectivity index (χ4n) is 2.34. The third kappa shape index (κ3) is 2.03. The van der Waals surface area contributed by atoms with Crippen molar-refractivity contribution in [1.29, 1.82) is 0 Å². The second-order valence-corrected chi connectivity index (χ2v) is 5.74. The van der Waals surface area contributed by atoms with E-state index in [0.717, 1.165) is 17.3 Å². The number of hydrogen-bond donors (Lipinski definition) is 2. The molecule has 1 saturated carbocycles. The first kappa shape index (κ1) is 11.7. The van der Waals surface area contributed by atoms with Crippen molar-refractivity contribution in [1.82, 2.24) is 9.97 Å². The van der Waals surface area contributed by atoms with Gasteiger partial charge in [0, 0.05) is 16.5 Å². The zero-order valence-electron chi connectivity index (χ0n) is 9.75. The van der Waals surface area contributed by atoms with Crippen LogP contribution in [0.25, 0.3) is 11.0 Å². The summed E-state index contributed by atoms with van der Waals surface area (Å²) >= 11 is 3.40. The van der Waals surface area contributed by atoms with Crippen molar-refractivity contribution < 1.29 is 4.79 Å². The lowest BCUT2D eigenvalue weighted by Crippen LogP contribution is -2.16. The van der Waals surface area contributed by atoms with Crippen LogP contribution < -0.4 is 5.69 Å². The molecule has 0 aliphatic heterocycles. The topological polar surface area (TPSA) is 65.7 Å². The maximum absolute atomic E-state index is 12.2. The normalized spacial score (nSPS) is 15.8. The van der Waals surface area contributed by atoms with Crippen LogP contribution in [0.5, 0.6) is 0 Å². The average molecular weight is 309 g/mol. The molecule has 94 valence electrons. The number of H-pyrrole nitrogens is 2. The molecule has 1 aliphatic carbocycles. The fourth-order valence-corrected chi connectivity index (χ4v) is 2.90. The lowest BCUT2D eigenvalue weighted by atomic mass is 9.81. The summed E-state index contributed by atoms with van der Waals surface area (Å²) in [6, 6.07) is 3.53. The van der Waals surface area contributed by atoms with E-state index < -0.39 is 0 Å². The Bertz CT molecular complexity index is 667. The van der Waals surface area contributed by atoms with Crippen molar-refractivity contribution >= 4 is 32.7 Å². The Morgan fingerprint density at radius 3 is 2.56 bits per heavy atom. The predicted octanol–water partition coefficient (Wildman–Crippen LogP) is 2.99. The van der Waals surface area contributed by atoms with Crippen LogP contribution in [0.2, 0.25) is 0 Å². The highest BCUT2D eigenvalue weighted by molar-refractivity contribution is 9.10. The van der Waals surface area contributed by atoms with Crippen LogP contribution in [-0.4, -0.2) is 15.8 Å². The molecular formula is C13H13BrN2O2. The zero-order valence-corrected chi connectivity index (χ0v) is 11.3. The van der Waals surface area contributed by atoms with E-state index in [1.165, 1.54) is 6.42 Å². The molecule has 4 nitrogen and oxygen atoms in total. The van der Waals surface area contributed by atoms with Crippen LogP contribution in [-0.2, 0) is 0 Å². The van der Waals surface area contributed by atoms with Gasteiger partial charge in [-0.1, -0.05) is 19.3 Å². The van der Waals surface area contributed by atoms with Gasteiger partial charge in [0.05, 0.1) is 11.0 Å². The maximum atomic E-state index is 12.2. The van der Waals surface area contributed by atoms with E-state index in [2.05, 4.69) is 25.9 Å². The summed E-state index contributed by atoms with van der Waals surface area (Å²) in [6.45, 7) is 0. The van der Waals surface area contributed by atoms with Crippen molar-refractivity contribution in [3.05, 3.63) is 32.7 Å². The number of aromatic nitrogens is 2. The van der Waals surface area contributed by atoms with Gasteiger partial charge >= 0.3 is 5.69 Å². The smallest absolute Gasteiger partial charge is 0.306 e. The fraction of sp³-hybridized carbons (Fsp3) is 0.385. The Morgan fingerprint density at radius 1 is 1.28 bits per heavy atom. The molecule has 0 radical (unpaired) electrons. The summed E-state index contributed by atoms with van der Waals surface area (Å²) in [5.74, 6) is 0.695. The molecule has 0 spiro atoms. The molecule has 0 saturated heterocycles. The molecule has 0 amide bonds. The van der Waals surface area contributed by atoms with Crippen LogP contribution in [0, 0.1) is 5.92 Å². The maximum Gasteiger partial charge on any atom is 0.323 e. The van der Waals surface area contributed by atoms with Gasteiger partial charge in [0.2, 0.25) is 0 Å². The van der Waals surface area contributed by atoms with E-state index in [0.29, 0.717) is 28.9 Å².